The second kappa shape index (κ2) is 10.6. The first kappa shape index (κ1) is 27.6. The number of anilines is 1. The molecule has 9 heteroatoms. The van der Waals surface area contributed by atoms with Crippen LogP contribution >= 0.6 is 0 Å². The maximum atomic E-state index is 13.3. The first-order chi connectivity index (χ1) is 18.5. The van der Waals surface area contributed by atoms with Crippen molar-refractivity contribution in [3.63, 3.8) is 0 Å². The quantitative estimate of drug-likeness (QED) is 0.488. The summed E-state index contributed by atoms with van der Waals surface area (Å²) in [6.07, 6.45) is 8.08. The van der Waals surface area contributed by atoms with Gasteiger partial charge in [0, 0.05) is 31.3 Å². The highest BCUT2D eigenvalue weighted by Gasteiger charge is 2.54. The number of amides is 1. The van der Waals surface area contributed by atoms with Crippen molar-refractivity contribution in [1.29, 1.82) is 0 Å². The van der Waals surface area contributed by atoms with E-state index in [1.54, 1.807) is 19.1 Å². The summed E-state index contributed by atoms with van der Waals surface area (Å²) in [6.45, 7) is 6.80. The van der Waals surface area contributed by atoms with Crippen LogP contribution in [0.4, 0.5) is 5.82 Å². The predicted molar refractivity (Wildman–Crippen MR) is 149 cm³/mol. The third-order valence-corrected chi connectivity index (χ3v) is 10.1. The van der Waals surface area contributed by atoms with Crippen LogP contribution in [0.1, 0.15) is 88.7 Å². The van der Waals surface area contributed by atoms with E-state index in [2.05, 4.69) is 21.8 Å². The van der Waals surface area contributed by atoms with Gasteiger partial charge in [0.25, 0.3) is 15.9 Å². The van der Waals surface area contributed by atoms with Crippen molar-refractivity contribution in [3.05, 3.63) is 47.5 Å². The summed E-state index contributed by atoms with van der Waals surface area (Å²) in [5.74, 6) is 1.12. The monoisotopic (exact) mass is 553 g/mol. The van der Waals surface area contributed by atoms with Crippen molar-refractivity contribution < 1.29 is 22.7 Å². The SMILES string of the molecule is CC(=O)C1(C)CCN(c2cccc(S(=O)(=O)NC(=O)C3(Oc4cc(C)ccc4C4CCCCC4)CC3)n2)CC1. The number of ether oxygens (including phenoxy) is 1. The van der Waals surface area contributed by atoms with Gasteiger partial charge < -0.3 is 9.64 Å². The van der Waals surface area contributed by atoms with Crippen LogP contribution in [-0.2, 0) is 19.6 Å². The van der Waals surface area contributed by atoms with Gasteiger partial charge in [-0.05, 0) is 74.8 Å². The van der Waals surface area contributed by atoms with E-state index in [1.807, 2.05) is 24.8 Å². The number of sulfonamides is 1. The summed E-state index contributed by atoms with van der Waals surface area (Å²) in [6, 6.07) is 10.9. The second-order valence-corrected chi connectivity index (χ2v) is 13.5. The number of Topliss-reactive ketones (excluding diaryl/α,β-unsaturated/α-hetero) is 1. The largest absolute Gasteiger partial charge is 0.477 e. The summed E-state index contributed by atoms with van der Waals surface area (Å²) >= 11 is 0. The Morgan fingerprint density at radius 1 is 1.03 bits per heavy atom. The van der Waals surface area contributed by atoms with Gasteiger partial charge in [0.1, 0.15) is 17.4 Å². The molecule has 5 rings (SSSR count). The number of rotatable bonds is 8. The molecule has 0 atom stereocenters. The van der Waals surface area contributed by atoms with Crippen LogP contribution in [0, 0.1) is 12.3 Å². The zero-order chi connectivity index (χ0) is 27.8. The number of aromatic nitrogens is 1. The highest BCUT2D eigenvalue weighted by atomic mass is 32.2. The molecule has 39 heavy (non-hydrogen) atoms. The van der Waals surface area contributed by atoms with E-state index in [1.165, 1.54) is 25.3 Å². The number of hydrogen-bond acceptors (Lipinski definition) is 7. The summed E-state index contributed by atoms with van der Waals surface area (Å²) in [7, 11) is -4.20. The predicted octanol–water partition coefficient (Wildman–Crippen LogP) is 5.05. The number of nitrogens with one attached hydrogen (secondary N) is 1. The zero-order valence-electron chi connectivity index (χ0n) is 23.2. The van der Waals surface area contributed by atoms with Crippen molar-refractivity contribution in [3.8, 4) is 5.75 Å². The molecule has 2 heterocycles. The van der Waals surface area contributed by atoms with E-state index in [0.717, 1.165) is 24.0 Å². The minimum absolute atomic E-state index is 0.168. The minimum Gasteiger partial charge on any atom is -0.477 e. The normalized spacial score (nSPS) is 20.7. The Kier molecular flexibility index (Phi) is 7.48. The fourth-order valence-corrected chi connectivity index (χ4v) is 6.76. The highest BCUT2D eigenvalue weighted by molar-refractivity contribution is 7.90. The topological polar surface area (TPSA) is 106 Å². The zero-order valence-corrected chi connectivity index (χ0v) is 24.0. The van der Waals surface area contributed by atoms with Gasteiger partial charge in [-0.1, -0.05) is 44.4 Å². The number of ketones is 1. The van der Waals surface area contributed by atoms with E-state index in [9.17, 15) is 18.0 Å². The molecule has 0 bridgehead atoms. The van der Waals surface area contributed by atoms with Crippen molar-refractivity contribution in [1.82, 2.24) is 9.71 Å². The molecule has 1 amide bonds. The number of pyridine rings is 1. The van der Waals surface area contributed by atoms with E-state index in [4.69, 9.17) is 4.74 Å². The molecule has 1 saturated heterocycles. The molecule has 8 nitrogen and oxygen atoms in total. The van der Waals surface area contributed by atoms with Crippen LogP contribution in [0.3, 0.4) is 0 Å². The molecule has 3 fully saturated rings. The molecule has 0 unspecified atom stereocenters. The number of carbonyl (C=O) groups is 2. The second-order valence-electron chi connectivity index (χ2n) is 11.8. The van der Waals surface area contributed by atoms with Crippen LogP contribution in [-0.4, -0.2) is 43.8 Å². The Hall–Kier alpha value is -2.94. The number of hydrogen-bond donors (Lipinski definition) is 1. The van der Waals surface area contributed by atoms with Gasteiger partial charge in [0.15, 0.2) is 10.6 Å². The molecule has 2 saturated carbocycles. The molecule has 0 spiro atoms. The lowest BCUT2D eigenvalue weighted by Crippen LogP contribution is -2.44. The van der Waals surface area contributed by atoms with Gasteiger partial charge in [0.2, 0.25) is 0 Å². The van der Waals surface area contributed by atoms with Gasteiger partial charge in [0.05, 0.1) is 0 Å². The van der Waals surface area contributed by atoms with Crippen LogP contribution < -0.4 is 14.4 Å². The maximum absolute atomic E-state index is 13.3. The molecule has 1 aromatic carbocycles. The molecule has 2 aromatic rings. The van der Waals surface area contributed by atoms with Gasteiger partial charge in [-0.15, -0.1) is 0 Å². The van der Waals surface area contributed by atoms with Crippen molar-refractivity contribution >= 4 is 27.5 Å². The van der Waals surface area contributed by atoms with E-state index in [0.29, 0.717) is 56.3 Å². The van der Waals surface area contributed by atoms with Crippen molar-refractivity contribution in [2.45, 2.75) is 95.1 Å². The molecular formula is C30H39N3O5S. The minimum atomic E-state index is -4.20. The number of nitrogens with zero attached hydrogens (tertiary/aromatic N) is 2. The third kappa shape index (κ3) is 5.83. The van der Waals surface area contributed by atoms with Crippen molar-refractivity contribution in [2.24, 2.45) is 5.41 Å². The Balaban J connectivity index is 1.30. The summed E-state index contributed by atoms with van der Waals surface area (Å²) < 4.78 is 35.1. The third-order valence-electron chi connectivity index (χ3n) is 8.89. The maximum Gasteiger partial charge on any atom is 0.281 e. The van der Waals surface area contributed by atoms with E-state index < -0.39 is 21.5 Å². The lowest BCUT2D eigenvalue weighted by atomic mass is 9.77. The summed E-state index contributed by atoms with van der Waals surface area (Å²) in [5, 5.41) is -0.206. The molecule has 1 aliphatic heterocycles. The van der Waals surface area contributed by atoms with Gasteiger partial charge in [-0.2, -0.15) is 8.42 Å². The van der Waals surface area contributed by atoms with Gasteiger partial charge in [-0.3, -0.25) is 9.59 Å². The molecule has 0 radical (unpaired) electrons. The van der Waals surface area contributed by atoms with Crippen molar-refractivity contribution in [2.75, 3.05) is 18.0 Å². The van der Waals surface area contributed by atoms with E-state index >= 15 is 0 Å². The molecule has 1 N–H and O–H groups in total. The Labute approximate surface area is 231 Å². The fourth-order valence-electron chi connectivity index (χ4n) is 5.76. The molecular weight excluding hydrogens is 514 g/mol. The molecule has 2 aliphatic carbocycles. The molecule has 3 aliphatic rings. The number of aryl methyl sites for hydroxylation is 1. The van der Waals surface area contributed by atoms with Crippen LogP contribution in [0.2, 0.25) is 0 Å². The molecule has 1 aromatic heterocycles. The first-order valence-electron chi connectivity index (χ1n) is 14.1. The smallest absolute Gasteiger partial charge is 0.281 e. The van der Waals surface area contributed by atoms with Gasteiger partial charge in [-0.25, -0.2) is 9.71 Å². The first-order valence-corrected chi connectivity index (χ1v) is 15.6. The van der Waals surface area contributed by atoms with Crippen LogP contribution in [0.25, 0.3) is 0 Å². The average molecular weight is 554 g/mol. The summed E-state index contributed by atoms with van der Waals surface area (Å²) in [4.78, 5) is 31.7. The standard InChI is InChI=1S/C30H39N3O5S/c1-21-12-13-24(23-8-5-4-6-9-23)25(20-21)38-30(14-15-30)28(35)32-39(36,37)27-11-7-10-26(31-27)33-18-16-29(3,17-19-33)22(2)34/h7,10-13,20,23H,4-6,8-9,14-19H2,1-3H3,(H,32,35). The average Bonchev–Trinajstić information content (AvgIpc) is 3.70. The van der Waals surface area contributed by atoms with E-state index in [-0.39, 0.29) is 16.2 Å². The van der Waals surface area contributed by atoms with Crippen LogP contribution in [0.15, 0.2) is 41.4 Å². The highest BCUT2D eigenvalue weighted by Crippen LogP contribution is 2.45. The number of piperidine rings is 1. The lowest BCUT2D eigenvalue weighted by Gasteiger charge is -2.38. The Morgan fingerprint density at radius 2 is 1.72 bits per heavy atom. The van der Waals surface area contributed by atoms with Crippen LogP contribution in [0.5, 0.6) is 5.75 Å². The number of benzene rings is 1. The Morgan fingerprint density at radius 3 is 2.36 bits per heavy atom. The lowest BCUT2D eigenvalue weighted by molar-refractivity contribution is -0.128. The van der Waals surface area contributed by atoms with Gasteiger partial charge >= 0.3 is 0 Å². The fraction of sp³-hybridized carbons (Fsp3) is 0.567. The number of carbonyl (C=O) groups excluding carboxylic acids is 2. The summed E-state index contributed by atoms with van der Waals surface area (Å²) in [5.41, 5.74) is 0.599. The Bertz CT molecular complexity index is 1350. The molecule has 210 valence electrons.